The summed E-state index contributed by atoms with van der Waals surface area (Å²) in [5.74, 6) is -3.89. The summed E-state index contributed by atoms with van der Waals surface area (Å²) in [6, 6.07) is 7.26. The third-order valence-electron chi connectivity index (χ3n) is 4.10. The summed E-state index contributed by atoms with van der Waals surface area (Å²) in [5.41, 5.74) is 6.85. The van der Waals surface area contributed by atoms with Gasteiger partial charge in [0.05, 0.1) is 11.8 Å². The van der Waals surface area contributed by atoms with E-state index in [1.807, 2.05) is 19.1 Å². The van der Waals surface area contributed by atoms with Crippen molar-refractivity contribution >= 4 is 11.9 Å². The molecular weight excluding hydrogens is 325 g/mol. The number of rotatable bonds is 3. The molecule has 2 heterocycles. The van der Waals surface area contributed by atoms with E-state index >= 15 is 0 Å². The van der Waals surface area contributed by atoms with Gasteiger partial charge in [0.1, 0.15) is 0 Å². The van der Waals surface area contributed by atoms with Crippen molar-refractivity contribution in [1.29, 1.82) is 0 Å². The van der Waals surface area contributed by atoms with Crippen LogP contribution in [0.2, 0.25) is 0 Å². The van der Waals surface area contributed by atoms with Crippen LogP contribution in [0.1, 0.15) is 5.56 Å². The normalized spacial score (nSPS) is 21.2. The van der Waals surface area contributed by atoms with Gasteiger partial charge in [0.2, 0.25) is 11.7 Å². The summed E-state index contributed by atoms with van der Waals surface area (Å²) in [7, 11) is 0. The molecule has 2 aromatic rings. The number of hydrogen-bond acceptors (Lipinski definition) is 5. The van der Waals surface area contributed by atoms with Crippen molar-refractivity contribution in [1.82, 2.24) is 10.1 Å². The van der Waals surface area contributed by atoms with Gasteiger partial charge in [-0.2, -0.15) is 18.2 Å². The number of aryl methyl sites for hydroxylation is 1. The maximum Gasteiger partial charge on any atom is 0.394 e. The number of halogens is 3. The van der Waals surface area contributed by atoms with Crippen LogP contribution in [0.4, 0.5) is 19.2 Å². The van der Waals surface area contributed by atoms with Crippen LogP contribution in [-0.4, -0.2) is 35.3 Å². The van der Waals surface area contributed by atoms with E-state index in [1.54, 1.807) is 12.1 Å². The Bertz CT molecular complexity index is 742. The fraction of sp³-hybridized carbons (Fsp3) is 0.400. The molecule has 3 rings (SSSR count). The molecule has 1 aromatic carbocycles. The minimum atomic E-state index is -4.52. The van der Waals surface area contributed by atoms with Crippen LogP contribution in [0.25, 0.3) is 11.4 Å². The molecule has 0 saturated carbocycles. The Kier molecular flexibility index (Phi) is 3.94. The van der Waals surface area contributed by atoms with Gasteiger partial charge in [-0.15, -0.1) is 0 Å². The van der Waals surface area contributed by atoms with Crippen LogP contribution in [0.3, 0.4) is 0 Å². The van der Waals surface area contributed by atoms with Gasteiger partial charge in [0, 0.05) is 18.7 Å². The zero-order valence-electron chi connectivity index (χ0n) is 12.7. The van der Waals surface area contributed by atoms with Crippen molar-refractivity contribution < 1.29 is 22.5 Å². The number of aromatic nitrogens is 2. The van der Waals surface area contributed by atoms with Crippen LogP contribution in [0.15, 0.2) is 28.8 Å². The second kappa shape index (κ2) is 5.81. The molecule has 9 heteroatoms. The maximum atomic E-state index is 13.1. The predicted molar refractivity (Wildman–Crippen MR) is 78.9 cm³/mol. The van der Waals surface area contributed by atoms with E-state index < -0.39 is 30.5 Å². The average molecular weight is 340 g/mol. The Morgan fingerprint density at radius 3 is 2.50 bits per heavy atom. The molecule has 1 aliphatic rings. The van der Waals surface area contributed by atoms with E-state index in [1.165, 1.54) is 4.90 Å². The van der Waals surface area contributed by atoms with Gasteiger partial charge in [-0.25, -0.2) is 0 Å². The predicted octanol–water partition coefficient (Wildman–Crippen LogP) is 2.15. The van der Waals surface area contributed by atoms with Crippen molar-refractivity contribution in [3.8, 4) is 11.4 Å². The van der Waals surface area contributed by atoms with Gasteiger partial charge in [-0.3, -0.25) is 4.79 Å². The molecule has 1 aliphatic heterocycles. The topological polar surface area (TPSA) is 85.3 Å². The lowest BCUT2D eigenvalue weighted by Gasteiger charge is -2.18. The molecular formula is C15H15F3N4O2. The van der Waals surface area contributed by atoms with Gasteiger partial charge in [0.15, 0.2) is 0 Å². The van der Waals surface area contributed by atoms with Gasteiger partial charge >= 0.3 is 12.2 Å². The summed E-state index contributed by atoms with van der Waals surface area (Å²) < 4.78 is 44.3. The van der Waals surface area contributed by atoms with Crippen LogP contribution >= 0.6 is 0 Å². The molecule has 0 spiro atoms. The zero-order valence-corrected chi connectivity index (χ0v) is 12.7. The summed E-state index contributed by atoms with van der Waals surface area (Å²) >= 11 is 0. The van der Waals surface area contributed by atoms with E-state index in [0.29, 0.717) is 5.56 Å². The molecule has 2 N–H and O–H groups in total. The molecule has 0 aliphatic carbocycles. The van der Waals surface area contributed by atoms with Crippen molar-refractivity contribution in [3.05, 3.63) is 29.8 Å². The highest BCUT2D eigenvalue weighted by Crippen LogP contribution is 2.39. The number of alkyl halides is 3. The Morgan fingerprint density at radius 2 is 1.96 bits per heavy atom. The van der Waals surface area contributed by atoms with Crippen LogP contribution in [-0.2, 0) is 4.79 Å². The first-order valence-corrected chi connectivity index (χ1v) is 7.27. The van der Waals surface area contributed by atoms with E-state index in [2.05, 4.69) is 10.1 Å². The van der Waals surface area contributed by atoms with E-state index in [4.69, 9.17) is 10.3 Å². The number of carbonyl (C=O) groups is 1. The highest BCUT2D eigenvalue weighted by atomic mass is 19.4. The molecule has 1 aromatic heterocycles. The smallest absolute Gasteiger partial charge is 0.369 e. The number of nitrogens with two attached hydrogens (primary N) is 1. The molecule has 1 saturated heterocycles. The van der Waals surface area contributed by atoms with Gasteiger partial charge in [0.25, 0.3) is 0 Å². The lowest BCUT2D eigenvalue weighted by atomic mass is 9.95. The summed E-state index contributed by atoms with van der Waals surface area (Å²) in [4.78, 5) is 16.7. The Morgan fingerprint density at radius 1 is 1.29 bits per heavy atom. The molecule has 24 heavy (non-hydrogen) atoms. The van der Waals surface area contributed by atoms with Crippen LogP contribution in [0.5, 0.6) is 0 Å². The first-order chi connectivity index (χ1) is 11.3. The lowest BCUT2D eigenvalue weighted by Crippen LogP contribution is -2.37. The second-order valence-corrected chi connectivity index (χ2v) is 5.83. The van der Waals surface area contributed by atoms with Crippen LogP contribution < -0.4 is 10.6 Å². The largest absolute Gasteiger partial charge is 0.394 e. The van der Waals surface area contributed by atoms with Gasteiger partial charge < -0.3 is 15.2 Å². The third kappa shape index (κ3) is 3.06. The summed E-state index contributed by atoms with van der Waals surface area (Å²) in [6.45, 7) is 1.29. The second-order valence-electron chi connectivity index (χ2n) is 5.83. The quantitative estimate of drug-likeness (QED) is 0.925. The summed E-state index contributed by atoms with van der Waals surface area (Å²) in [5, 5.41) is 3.79. The zero-order chi connectivity index (χ0) is 17.5. The van der Waals surface area contributed by atoms with Gasteiger partial charge in [-0.05, 0) is 6.92 Å². The first-order valence-electron chi connectivity index (χ1n) is 7.27. The number of benzene rings is 1. The molecule has 0 radical (unpaired) electrons. The Labute approximate surface area is 135 Å². The minimum absolute atomic E-state index is 0.0522. The molecule has 1 amide bonds. The number of hydrogen-bond donors (Lipinski definition) is 1. The van der Waals surface area contributed by atoms with Crippen molar-refractivity contribution in [2.24, 2.45) is 17.6 Å². The van der Waals surface area contributed by atoms with Crippen molar-refractivity contribution in [2.75, 3.05) is 18.0 Å². The summed E-state index contributed by atoms with van der Waals surface area (Å²) in [6.07, 6.45) is -4.52. The first kappa shape index (κ1) is 16.3. The molecule has 0 bridgehead atoms. The number of carbonyl (C=O) groups excluding carboxylic acids is 1. The standard InChI is InChI=1S/C15H15F3N4O2/c1-8-2-4-9(5-3-8)13-20-14(24-21-13)22-6-10(12(19)23)11(7-22)15(16,17)18/h2-5,10-11H,6-7H2,1H3,(H2,19,23)/t10-,11-/m1/s1. The number of amides is 1. The van der Waals surface area contributed by atoms with Gasteiger partial charge in [-0.1, -0.05) is 35.0 Å². The highest BCUT2D eigenvalue weighted by Gasteiger charge is 2.52. The fourth-order valence-corrected chi connectivity index (χ4v) is 2.74. The van der Waals surface area contributed by atoms with Crippen LogP contribution in [0, 0.1) is 18.8 Å². The third-order valence-corrected chi connectivity index (χ3v) is 4.10. The average Bonchev–Trinajstić information content (AvgIpc) is 3.14. The van der Waals surface area contributed by atoms with Crippen molar-refractivity contribution in [3.63, 3.8) is 0 Å². The Hall–Kier alpha value is -2.58. The van der Waals surface area contributed by atoms with Crippen molar-refractivity contribution in [2.45, 2.75) is 13.1 Å². The lowest BCUT2D eigenvalue weighted by molar-refractivity contribution is -0.181. The number of primary amides is 1. The minimum Gasteiger partial charge on any atom is -0.369 e. The SMILES string of the molecule is Cc1ccc(-c2noc(N3C[C@@H](C(F)(F)F)[C@H](C(N)=O)C3)n2)cc1. The fourth-order valence-electron chi connectivity index (χ4n) is 2.74. The van der Waals surface area contributed by atoms with E-state index in [0.717, 1.165) is 5.56 Å². The van der Waals surface area contributed by atoms with E-state index in [-0.39, 0.29) is 18.4 Å². The molecule has 0 unspecified atom stereocenters. The molecule has 128 valence electrons. The highest BCUT2D eigenvalue weighted by molar-refractivity contribution is 5.78. The molecule has 1 fully saturated rings. The molecule has 2 atom stereocenters. The van der Waals surface area contributed by atoms with E-state index in [9.17, 15) is 18.0 Å². The number of anilines is 1. The number of nitrogens with zero attached hydrogens (tertiary/aromatic N) is 3. The molecule has 6 nitrogen and oxygen atoms in total. The Balaban J connectivity index is 1.83. The monoisotopic (exact) mass is 340 g/mol. The maximum absolute atomic E-state index is 13.1.